The molecule has 1 rings (SSSR count). The largest absolute Gasteiger partial charge is 0.502 e. The highest BCUT2D eigenvalue weighted by molar-refractivity contribution is 5.86. The van der Waals surface area contributed by atoms with Crippen LogP contribution in [0.2, 0.25) is 0 Å². The lowest BCUT2D eigenvalue weighted by Gasteiger charge is -2.30. The van der Waals surface area contributed by atoms with Gasteiger partial charge in [-0.3, -0.25) is 0 Å². The summed E-state index contributed by atoms with van der Waals surface area (Å²) in [6.45, 7) is 9.95. The molecule has 3 nitrogen and oxygen atoms in total. The van der Waals surface area contributed by atoms with Gasteiger partial charge in [0.2, 0.25) is 0 Å². The molecule has 3 heteroatoms. The molecule has 0 spiro atoms. The number of rotatable bonds is 6. The molecule has 0 aromatic rings. The third-order valence-electron chi connectivity index (χ3n) is 3.27. The standard InChI is InChI=1S/C14H22O3/c1-4-16-9-12-7-5-6-8-13(12)10-17-14(15)11(2)3/h4,12-13H,1-2,5-10H2,3H3. The maximum atomic E-state index is 11.3. The summed E-state index contributed by atoms with van der Waals surface area (Å²) >= 11 is 0. The molecule has 1 fully saturated rings. The van der Waals surface area contributed by atoms with Crippen LogP contribution in [0.3, 0.4) is 0 Å². The SMILES string of the molecule is C=COCC1CCCCC1COC(=O)C(=C)C. The Balaban J connectivity index is 2.39. The van der Waals surface area contributed by atoms with Crippen LogP contribution >= 0.6 is 0 Å². The molecule has 0 amide bonds. The van der Waals surface area contributed by atoms with Gasteiger partial charge >= 0.3 is 5.97 Å². The van der Waals surface area contributed by atoms with E-state index in [4.69, 9.17) is 9.47 Å². The molecule has 0 aromatic carbocycles. The average Bonchev–Trinajstić information content (AvgIpc) is 2.34. The first kappa shape index (κ1) is 13.8. The van der Waals surface area contributed by atoms with Crippen LogP contribution in [0.15, 0.2) is 25.0 Å². The first-order chi connectivity index (χ1) is 8.15. The monoisotopic (exact) mass is 238 g/mol. The van der Waals surface area contributed by atoms with Gasteiger partial charge < -0.3 is 9.47 Å². The van der Waals surface area contributed by atoms with E-state index in [2.05, 4.69) is 13.2 Å². The molecule has 1 saturated carbocycles. The Bertz CT molecular complexity index is 283. The van der Waals surface area contributed by atoms with E-state index in [0.29, 0.717) is 30.6 Å². The van der Waals surface area contributed by atoms with E-state index < -0.39 is 0 Å². The van der Waals surface area contributed by atoms with Crippen molar-refractivity contribution in [2.24, 2.45) is 11.8 Å². The highest BCUT2D eigenvalue weighted by Gasteiger charge is 2.26. The number of hydrogen-bond acceptors (Lipinski definition) is 3. The molecule has 0 aliphatic heterocycles. The van der Waals surface area contributed by atoms with Gasteiger partial charge in [0.1, 0.15) is 0 Å². The second kappa shape index (κ2) is 7.15. The normalized spacial score (nSPS) is 23.8. The molecule has 2 atom stereocenters. The zero-order chi connectivity index (χ0) is 12.7. The Morgan fingerprint density at radius 3 is 2.41 bits per heavy atom. The first-order valence-corrected chi connectivity index (χ1v) is 6.20. The quantitative estimate of drug-likeness (QED) is 0.405. The maximum absolute atomic E-state index is 11.3. The fourth-order valence-corrected chi connectivity index (χ4v) is 2.22. The van der Waals surface area contributed by atoms with Crippen molar-refractivity contribution in [2.45, 2.75) is 32.6 Å². The summed E-state index contributed by atoms with van der Waals surface area (Å²) in [4.78, 5) is 11.3. The van der Waals surface area contributed by atoms with Gasteiger partial charge in [-0.15, -0.1) is 0 Å². The van der Waals surface area contributed by atoms with Gasteiger partial charge in [-0.25, -0.2) is 4.79 Å². The van der Waals surface area contributed by atoms with Crippen molar-refractivity contribution in [1.29, 1.82) is 0 Å². The number of ether oxygens (including phenoxy) is 2. The van der Waals surface area contributed by atoms with Crippen LogP contribution in [0.5, 0.6) is 0 Å². The number of carbonyl (C=O) groups excluding carboxylic acids is 1. The predicted molar refractivity (Wildman–Crippen MR) is 67.4 cm³/mol. The van der Waals surface area contributed by atoms with Crippen molar-refractivity contribution in [1.82, 2.24) is 0 Å². The molecule has 0 heterocycles. The minimum absolute atomic E-state index is 0.293. The molecule has 1 aliphatic carbocycles. The summed E-state index contributed by atoms with van der Waals surface area (Å²) < 4.78 is 10.5. The van der Waals surface area contributed by atoms with Crippen molar-refractivity contribution in [3.63, 3.8) is 0 Å². The highest BCUT2D eigenvalue weighted by Crippen LogP contribution is 2.30. The second-order valence-electron chi connectivity index (χ2n) is 4.68. The molecular weight excluding hydrogens is 216 g/mol. The Hall–Kier alpha value is -1.25. The smallest absolute Gasteiger partial charge is 0.333 e. The van der Waals surface area contributed by atoms with Crippen LogP contribution in [-0.2, 0) is 14.3 Å². The van der Waals surface area contributed by atoms with E-state index in [1.54, 1.807) is 6.92 Å². The molecular formula is C14H22O3. The summed E-state index contributed by atoms with van der Waals surface area (Å²) in [7, 11) is 0. The summed E-state index contributed by atoms with van der Waals surface area (Å²) in [5.74, 6) is 0.589. The van der Waals surface area contributed by atoms with Gasteiger partial charge in [0.25, 0.3) is 0 Å². The van der Waals surface area contributed by atoms with Crippen molar-refractivity contribution >= 4 is 5.97 Å². The van der Waals surface area contributed by atoms with E-state index in [9.17, 15) is 4.79 Å². The van der Waals surface area contributed by atoms with Gasteiger partial charge in [-0.2, -0.15) is 0 Å². The summed E-state index contributed by atoms with van der Waals surface area (Å²) in [6, 6.07) is 0. The third kappa shape index (κ3) is 4.63. The van der Waals surface area contributed by atoms with E-state index in [1.165, 1.54) is 19.1 Å². The van der Waals surface area contributed by atoms with Crippen LogP contribution in [0.1, 0.15) is 32.6 Å². The minimum Gasteiger partial charge on any atom is -0.502 e. The number of carbonyl (C=O) groups is 1. The zero-order valence-electron chi connectivity index (χ0n) is 10.6. The summed E-state index contributed by atoms with van der Waals surface area (Å²) in [6.07, 6.45) is 6.17. The van der Waals surface area contributed by atoms with Gasteiger partial charge in [-0.05, 0) is 31.6 Å². The fraction of sp³-hybridized carbons (Fsp3) is 0.643. The van der Waals surface area contributed by atoms with Crippen molar-refractivity contribution in [3.8, 4) is 0 Å². The maximum Gasteiger partial charge on any atom is 0.333 e. The molecule has 0 aromatic heterocycles. The van der Waals surface area contributed by atoms with Crippen LogP contribution in [0.25, 0.3) is 0 Å². The van der Waals surface area contributed by atoms with E-state index in [-0.39, 0.29) is 5.97 Å². The molecule has 96 valence electrons. The van der Waals surface area contributed by atoms with Gasteiger partial charge in [0.05, 0.1) is 19.5 Å². The molecule has 17 heavy (non-hydrogen) atoms. The number of hydrogen-bond donors (Lipinski definition) is 0. The van der Waals surface area contributed by atoms with E-state index in [1.807, 2.05) is 0 Å². The topological polar surface area (TPSA) is 35.5 Å². The number of esters is 1. The van der Waals surface area contributed by atoms with Crippen molar-refractivity contribution in [3.05, 3.63) is 25.0 Å². The predicted octanol–water partition coefficient (Wildman–Crippen LogP) is 3.07. The van der Waals surface area contributed by atoms with Crippen LogP contribution in [0, 0.1) is 11.8 Å². The average molecular weight is 238 g/mol. The van der Waals surface area contributed by atoms with E-state index >= 15 is 0 Å². The van der Waals surface area contributed by atoms with Crippen LogP contribution in [-0.4, -0.2) is 19.2 Å². The van der Waals surface area contributed by atoms with Crippen molar-refractivity contribution < 1.29 is 14.3 Å². The van der Waals surface area contributed by atoms with Gasteiger partial charge in [0, 0.05) is 5.57 Å². The molecule has 0 radical (unpaired) electrons. The molecule has 0 N–H and O–H groups in total. The summed E-state index contributed by atoms with van der Waals surface area (Å²) in [5, 5.41) is 0. The Labute approximate surface area is 103 Å². The lowest BCUT2D eigenvalue weighted by Crippen LogP contribution is -2.28. The lowest BCUT2D eigenvalue weighted by atomic mass is 9.80. The Kier molecular flexibility index (Phi) is 5.81. The fourth-order valence-electron chi connectivity index (χ4n) is 2.22. The third-order valence-corrected chi connectivity index (χ3v) is 3.27. The first-order valence-electron chi connectivity index (χ1n) is 6.20. The molecule has 1 aliphatic rings. The molecule has 0 saturated heterocycles. The van der Waals surface area contributed by atoms with Crippen LogP contribution < -0.4 is 0 Å². The van der Waals surface area contributed by atoms with E-state index in [0.717, 1.165) is 12.8 Å². The van der Waals surface area contributed by atoms with Gasteiger partial charge in [-0.1, -0.05) is 26.0 Å². The van der Waals surface area contributed by atoms with Crippen LogP contribution in [0.4, 0.5) is 0 Å². The molecule has 2 unspecified atom stereocenters. The Morgan fingerprint density at radius 1 is 1.29 bits per heavy atom. The zero-order valence-corrected chi connectivity index (χ0v) is 10.6. The van der Waals surface area contributed by atoms with Crippen molar-refractivity contribution in [2.75, 3.05) is 13.2 Å². The minimum atomic E-state index is -0.293. The second-order valence-corrected chi connectivity index (χ2v) is 4.68. The molecule has 0 bridgehead atoms. The van der Waals surface area contributed by atoms with Gasteiger partial charge in [0.15, 0.2) is 0 Å². The lowest BCUT2D eigenvalue weighted by molar-refractivity contribution is -0.141. The Morgan fingerprint density at radius 2 is 1.88 bits per heavy atom. The highest BCUT2D eigenvalue weighted by atomic mass is 16.5. The summed E-state index contributed by atoms with van der Waals surface area (Å²) in [5.41, 5.74) is 0.458.